The minimum atomic E-state index is -4.53. The topological polar surface area (TPSA) is 44.5 Å². The first-order chi connectivity index (χ1) is 9.25. The van der Waals surface area contributed by atoms with E-state index < -0.39 is 17.8 Å². The van der Waals surface area contributed by atoms with Gasteiger partial charge in [0.25, 0.3) is 0 Å². The van der Waals surface area contributed by atoms with Gasteiger partial charge in [-0.1, -0.05) is 12.2 Å². The largest absolute Gasteiger partial charge is 0.490 e. The van der Waals surface area contributed by atoms with E-state index >= 15 is 0 Å². The molecule has 7 heteroatoms. The summed E-state index contributed by atoms with van der Waals surface area (Å²) in [4.78, 5) is -0.0884. The standard InChI is InChI=1S/C13H16F3NO2S/c1-8(5-6-18-2)19-11-4-3-9(12(17)20)7-10(11)13(14,15)16/h3-4,7-8H,5-6H2,1-2H3,(H2,17,20). The fourth-order valence-electron chi connectivity index (χ4n) is 1.57. The van der Waals surface area contributed by atoms with E-state index in [1.807, 2.05) is 0 Å². The van der Waals surface area contributed by atoms with Crippen molar-refractivity contribution in [3.05, 3.63) is 29.3 Å². The molecule has 0 bridgehead atoms. The third kappa shape index (κ3) is 4.64. The van der Waals surface area contributed by atoms with E-state index in [4.69, 9.17) is 15.2 Å². The monoisotopic (exact) mass is 307 g/mol. The number of ether oxygens (including phenoxy) is 2. The van der Waals surface area contributed by atoms with Gasteiger partial charge in [0.15, 0.2) is 0 Å². The molecule has 112 valence electrons. The zero-order valence-electron chi connectivity index (χ0n) is 11.2. The van der Waals surface area contributed by atoms with Crippen molar-refractivity contribution in [3.8, 4) is 5.75 Å². The van der Waals surface area contributed by atoms with E-state index in [1.54, 1.807) is 6.92 Å². The highest BCUT2D eigenvalue weighted by Crippen LogP contribution is 2.37. The van der Waals surface area contributed by atoms with Gasteiger partial charge in [-0.05, 0) is 25.1 Å². The van der Waals surface area contributed by atoms with Gasteiger partial charge in [-0.15, -0.1) is 0 Å². The lowest BCUT2D eigenvalue weighted by atomic mass is 10.1. The Hall–Kier alpha value is -1.34. The molecule has 1 rings (SSSR count). The molecular weight excluding hydrogens is 291 g/mol. The van der Waals surface area contributed by atoms with Gasteiger partial charge in [0.1, 0.15) is 10.7 Å². The molecule has 1 atom stereocenters. The van der Waals surface area contributed by atoms with E-state index in [9.17, 15) is 13.2 Å². The van der Waals surface area contributed by atoms with E-state index in [1.165, 1.54) is 19.2 Å². The SMILES string of the molecule is COCCC(C)Oc1ccc(C(N)=S)cc1C(F)(F)F. The Balaban J connectivity index is 3.03. The first-order valence-electron chi connectivity index (χ1n) is 5.92. The van der Waals surface area contributed by atoms with Crippen LogP contribution in [0.4, 0.5) is 13.2 Å². The summed E-state index contributed by atoms with van der Waals surface area (Å²) in [5.74, 6) is -0.235. The molecule has 3 nitrogen and oxygen atoms in total. The summed E-state index contributed by atoms with van der Waals surface area (Å²) in [6, 6.07) is 3.55. The molecule has 1 unspecified atom stereocenters. The summed E-state index contributed by atoms with van der Waals surface area (Å²) in [5.41, 5.74) is 4.62. The quantitative estimate of drug-likeness (QED) is 0.820. The Bertz CT molecular complexity index is 477. The van der Waals surface area contributed by atoms with Crippen LogP contribution in [-0.4, -0.2) is 24.8 Å². The normalized spacial score (nSPS) is 13.1. The number of hydrogen-bond donors (Lipinski definition) is 1. The minimum absolute atomic E-state index is 0.0884. The van der Waals surface area contributed by atoms with Gasteiger partial charge >= 0.3 is 6.18 Å². The molecule has 0 aliphatic carbocycles. The van der Waals surface area contributed by atoms with Gasteiger partial charge in [-0.25, -0.2) is 0 Å². The van der Waals surface area contributed by atoms with Crippen LogP contribution in [0.15, 0.2) is 18.2 Å². The third-order valence-corrected chi connectivity index (χ3v) is 2.86. The van der Waals surface area contributed by atoms with Crippen LogP contribution in [-0.2, 0) is 10.9 Å². The molecule has 0 aromatic heterocycles. The lowest BCUT2D eigenvalue weighted by Crippen LogP contribution is -2.18. The van der Waals surface area contributed by atoms with Crippen LogP contribution in [0.2, 0.25) is 0 Å². The first-order valence-corrected chi connectivity index (χ1v) is 6.33. The molecule has 0 radical (unpaired) electrons. The van der Waals surface area contributed by atoms with Crippen molar-refractivity contribution >= 4 is 17.2 Å². The summed E-state index contributed by atoms with van der Waals surface area (Å²) in [6.45, 7) is 2.09. The number of alkyl halides is 3. The second-order valence-electron chi connectivity index (χ2n) is 4.28. The number of halogens is 3. The Morgan fingerprint density at radius 3 is 2.55 bits per heavy atom. The molecule has 0 aliphatic heterocycles. The molecule has 1 aromatic carbocycles. The molecular formula is C13H16F3NO2S. The molecule has 0 saturated heterocycles. The second-order valence-corrected chi connectivity index (χ2v) is 4.72. The average molecular weight is 307 g/mol. The molecule has 0 heterocycles. The smallest absolute Gasteiger partial charge is 0.419 e. The van der Waals surface area contributed by atoms with Crippen LogP contribution < -0.4 is 10.5 Å². The first kappa shape index (κ1) is 16.7. The number of methoxy groups -OCH3 is 1. The zero-order chi connectivity index (χ0) is 15.3. The Labute approximate surface area is 120 Å². The number of hydrogen-bond acceptors (Lipinski definition) is 3. The summed E-state index contributed by atoms with van der Waals surface area (Å²) in [7, 11) is 1.52. The lowest BCUT2D eigenvalue weighted by Gasteiger charge is -2.19. The van der Waals surface area contributed by atoms with Crippen LogP contribution in [0.25, 0.3) is 0 Å². The highest BCUT2D eigenvalue weighted by Gasteiger charge is 2.35. The fourth-order valence-corrected chi connectivity index (χ4v) is 1.69. The lowest BCUT2D eigenvalue weighted by molar-refractivity contribution is -0.139. The fraction of sp³-hybridized carbons (Fsp3) is 0.462. The summed E-state index contributed by atoms with van der Waals surface area (Å²) < 4.78 is 49.2. The number of rotatable bonds is 6. The molecule has 0 saturated carbocycles. The van der Waals surface area contributed by atoms with Crippen molar-refractivity contribution in [2.45, 2.75) is 25.6 Å². The molecule has 20 heavy (non-hydrogen) atoms. The molecule has 1 aromatic rings. The van der Waals surface area contributed by atoms with Gasteiger partial charge in [0.2, 0.25) is 0 Å². The van der Waals surface area contributed by atoms with Crippen molar-refractivity contribution in [1.82, 2.24) is 0 Å². The van der Waals surface area contributed by atoms with Gasteiger partial charge < -0.3 is 15.2 Å². The van der Waals surface area contributed by atoms with E-state index in [-0.39, 0.29) is 16.3 Å². The zero-order valence-corrected chi connectivity index (χ0v) is 12.0. The number of nitrogens with two attached hydrogens (primary N) is 1. The van der Waals surface area contributed by atoms with Crippen LogP contribution in [0.5, 0.6) is 5.75 Å². The van der Waals surface area contributed by atoms with Gasteiger partial charge in [0.05, 0.1) is 11.7 Å². The van der Waals surface area contributed by atoms with Gasteiger partial charge in [-0.3, -0.25) is 0 Å². The summed E-state index contributed by atoms with van der Waals surface area (Å²) >= 11 is 4.69. The van der Waals surface area contributed by atoms with Crippen molar-refractivity contribution in [3.63, 3.8) is 0 Å². The van der Waals surface area contributed by atoms with E-state index in [2.05, 4.69) is 12.2 Å². The second kappa shape index (κ2) is 6.90. The van der Waals surface area contributed by atoms with E-state index in [0.29, 0.717) is 13.0 Å². The molecule has 0 aliphatic rings. The van der Waals surface area contributed by atoms with Gasteiger partial charge in [-0.2, -0.15) is 13.2 Å². The Morgan fingerprint density at radius 2 is 2.05 bits per heavy atom. The van der Waals surface area contributed by atoms with E-state index in [0.717, 1.165) is 6.07 Å². The third-order valence-electron chi connectivity index (χ3n) is 2.63. The van der Waals surface area contributed by atoms with Crippen LogP contribution in [0, 0.1) is 0 Å². The van der Waals surface area contributed by atoms with Crippen LogP contribution >= 0.6 is 12.2 Å². The highest BCUT2D eigenvalue weighted by molar-refractivity contribution is 7.80. The molecule has 0 fully saturated rings. The molecule has 0 amide bonds. The molecule has 0 spiro atoms. The number of benzene rings is 1. The van der Waals surface area contributed by atoms with Crippen molar-refractivity contribution in [1.29, 1.82) is 0 Å². The van der Waals surface area contributed by atoms with Gasteiger partial charge in [0, 0.05) is 25.7 Å². The maximum atomic E-state index is 13.0. The minimum Gasteiger partial charge on any atom is -0.490 e. The molecule has 2 N–H and O–H groups in total. The number of thiocarbonyl (C=S) groups is 1. The van der Waals surface area contributed by atoms with Crippen molar-refractivity contribution in [2.24, 2.45) is 5.73 Å². The Kier molecular flexibility index (Phi) is 5.76. The predicted molar refractivity (Wildman–Crippen MR) is 73.9 cm³/mol. The van der Waals surface area contributed by atoms with Crippen LogP contribution in [0.1, 0.15) is 24.5 Å². The van der Waals surface area contributed by atoms with Crippen molar-refractivity contribution < 1.29 is 22.6 Å². The summed E-state index contributed by atoms with van der Waals surface area (Å²) in [6.07, 6.45) is -4.44. The predicted octanol–water partition coefficient (Wildman–Crippen LogP) is 3.14. The average Bonchev–Trinajstić information content (AvgIpc) is 2.35. The maximum absolute atomic E-state index is 13.0. The Morgan fingerprint density at radius 1 is 1.40 bits per heavy atom. The summed E-state index contributed by atoms with van der Waals surface area (Å²) in [5, 5.41) is 0. The highest BCUT2D eigenvalue weighted by atomic mass is 32.1. The van der Waals surface area contributed by atoms with Crippen molar-refractivity contribution in [2.75, 3.05) is 13.7 Å². The maximum Gasteiger partial charge on any atom is 0.419 e. The van der Waals surface area contributed by atoms with Crippen LogP contribution in [0.3, 0.4) is 0 Å².